The van der Waals surface area contributed by atoms with Gasteiger partial charge in [-0.15, -0.1) is 0 Å². The predicted octanol–water partition coefficient (Wildman–Crippen LogP) is 3.36. The summed E-state index contributed by atoms with van der Waals surface area (Å²) in [4.78, 5) is 6.63. The van der Waals surface area contributed by atoms with Crippen molar-refractivity contribution in [3.05, 3.63) is 59.7 Å². The molecular weight excluding hydrogens is 265 g/mol. The summed E-state index contributed by atoms with van der Waals surface area (Å²) in [5.41, 5.74) is 2.85. The van der Waals surface area contributed by atoms with Crippen molar-refractivity contribution in [1.82, 2.24) is 10.3 Å². The summed E-state index contributed by atoms with van der Waals surface area (Å²) in [7, 11) is 1.94. The Kier molecular flexibility index (Phi) is 5.28. The number of anilines is 1. The minimum Gasteiger partial charge on any atom is -0.369 e. The van der Waals surface area contributed by atoms with Crippen LogP contribution in [0.1, 0.15) is 25.2 Å². The summed E-state index contributed by atoms with van der Waals surface area (Å²) in [6, 6.07) is 13.1. The van der Waals surface area contributed by atoms with E-state index in [2.05, 4.69) is 24.1 Å². The lowest BCUT2D eigenvalue weighted by Gasteiger charge is -2.19. The second kappa shape index (κ2) is 7.18. The van der Waals surface area contributed by atoms with Gasteiger partial charge in [0.15, 0.2) is 0 Å². The van der Waals surface area contributed by atoms with Crippen molar-refractivity contribution in [2.75, 3.05) is 11.9 Å². The molecule has 0 spiro atoms. The van der Waals surface area contributed by atoms with Crippen LogP contribution in [0.4, 0.5) is 10.1 Å². The molecule has 2 rings (SSSR count). The zero-order valence-corrected chi connectivity index (χ0v) is 12.8. The maximum Gasteiger partial charge on any atom is 0.125 e. The van der Waals surface area contributed by atoms with Crippen LogP contribution >= 0.6 is 0 Å². The summed E-state index contributed by atoms with van der Waals surface area (Å²) < 4.78 is 13.3. The summed E-state index contributed by atoms with van der Waals surface area (Å²) in [5, 5.41) is 3.36. The molecule has 0 amide bonds. The Morgan fingerprint density at radius 3 is 2.57 bits per heavy atom. The quantitative estimate of drug-likeness (QED) is 0.883. The highest BCUT2D eigenvalue weighted by Gasteiger charge is 2.05. The Morgan fingerprint density at radius 2 is 1.86 bits per heavy atom. The SMILES string of the molecule is CC(C)NCc1cccc(CN(C)c2cccc(F)c2)n1. The molecule has 0 unspecified atom stereocenters. The monoisotopic (exact) mass is 287 g/mol. The van der Waals surface area contributed by atoms with Crippen LogP contribution in [0, 0.1) is 5.82 Å². The van der Waals surface area contributed by atoms with E-state index >= 15 is 0 Å². The van der Waals surface area contributed by atoms with Gasteiger partial charge in [0, 0.05) is 25.3 Å². The number of aromatic nitrogens is 1. The zero-order valence-electron chi connectivity index (χ0n) is 12.8. The molecule has 21 heavy (non-hydrogen) atoms. The van der Waals surface area contributed by atoms with Crippen molar-refractivity contribution < 1.29 is 4.39 Å². The molecule has 4 heteroatoms. The molecule has 0 fully saturated rings. The number of pyridine rings is 1. The van der Waals surface area contributed by atoms with Crippen LogP contribution in [0.2, 0.25) is 0 Å². The van der Waals surface area contributed by atoms with Crippen LogP contribution in [0.5, 0.6) is 0 Å². The first-order valence-corrected chi connectivity index (χ1v) is 7.19. The van der Waals surface area contributed by atoms with E-state index < -0.39 is 0 Å². The van der Waals surface area contributed by atoms with Crippen LogP contribution in [-0.4, -0.2) is 18.1 Å². The number of rotatable bonds is 6. The normalized spacial score (nSPS) is 10.9. The largest absolute Gasteiger partial charge is 0.369 e. The fraction of sp³-hybridized carbons (Fsp3) is 0.353. The highest BCUT2D eigenvalue weighted by Crippen LogP contribution is 2.16. The third-order valence-electron chi connectivity index (χ3n) is 3.20. The van der Waals surface area contributed by atoms with E-state index in [4.69, 9.17) is 0 Å². The topological polar surface area (TPSA) is 28.2 Å². The number of nitrogens with one attached hydrogen (secondary N) is 1. The van der Waals surface area contributed by atoms with Crippen LogP contribution in [-0.2, 0) is 13.1 Å². The van der Waals surface area contributed by atoms with Crippen LogP contribution < -0.4 is 10.2 Å². The predicted molar refractivity (Wildman–Crippen MR) is 84.7 cm³/mol. The van der Waals surface area contributed by atoms with Crippen molar-refractivity contribution in [3.8, 4) is 0 Å². The van der Waals surface area contributed by atoms with Crippen molar-refractivity contribution in [3.63, 3.8) is 0 Å². The first kappa shape index (κ1) is 15.4. The molecule has 0 aliphatic heterocycles. The maximum atomic E-state index is 13.3. The number of hydrogen-bond acceptors (Lipinski definition) is 3. The molecule has 3 nitrogen and oxygen atoms in total. The van der Waals surface area contributed by atoms with Gasteiger partial charge in [-0.3, -0.25) is 4.98 Å². The Labute approximate surface area is 125 Å². The third kappa shape index (κ3) is 4.83. The van der Waals surface area contributed by atoms with Crippen LogP contribution in [0.25, 0.3) is 0 Å². The molecule has 1 N–H and O–H groups in total. The average molecular weight is 287 g/mol. The molecule has 0 bridgehead atoms. The lowest BCUT2D eigenvalue weighted by molar-refractivity contribution is 0.580. The molecule has 1 aromatic carbocycles. The van der Waals surface area contributed by atoms with Gasteiger partial charge in [0.2, 0.25) is 0 Å². The van der Waals surface area contributed by atoms with E-state index in [9.17, 15) is 4.39 Å². The first-order chi connectivity index (χ1) is 10.0. The van der Waals surface area contributed by atoms with E-state index in [1.807, 2.05) is 36.2 Å². The second-order valence-corrected chi connectivity index (χ2v) is 5.49. The van der Waals surface area contributed by atoms with Crippen LogP contribution in [0.3, 0.4) is 0 Å². The van der Waals surface area contributed by atoms with E-state index in [1.54, 1.807) is 6.07 Å². The molecular formula is C17H22FN3. The maximum absolute atomic E-state index is 13.3. The third-order valence-corrected chi connectivity index (χ3v) is 3.20. The standard InChI is InChI=1S/C17H22FN3/c1-13(2)19-11-15-7-5-8-16(20-15)12-21(3)17-9-4-6-14(18)10-17/h4-10,13,19H,11-12H2,1-3H3. The van der Waals surface area contributed by atoms with Gasteiger partial charge in [-0.1, -0.05) is 26.0 Å². The Hall–Kier alpha value is -1.94. The summed E-state index contributed by atoms with van der Waals surface area (Å²) >= 11 is 0. The van der Waals surface area contributed by atoms with Gasteiger partial charge < -0.3 is 10.2 Å². The van der Waals surface area contributed by atoms with Crippen molar-refractivity contribution >= 4 is 5.69 Å². The molecule has 1 aromatic heterocycles. The zero-order chi connectivity index (χ0) is 15.2. The van der Waals surface area contributed by atoms with Crippen molar-refractivity contribution in [2.24, 2.45) is 0 Å². The highest BCUT2D eigenvalue weighted by atomic mass is 19.1. The molecule has 112 valence electrons. The van der Waals surface area contributed by atoms with Gasteiger partial charge in [-0.2, -0.15) is 0 Å². The van der Waals surface area contributed by atoms with Gasteiger partial charge in [0.25, 0.3) is 0 Å². The summed E-state index contributed by atoms with van der Waals surface area (Å²) in [6.07, 6.45) is 0. The molecule has 0 saturated carbocycles. The first-order valence-electron chi connectivity index (χ1n) is 7.19. The fourth-order valence-corrected chi connectivity index (χ4v) is 2.07. The van der Waals surface area contributed by atoms with Crippen molar-refractivity contribution in [1.29, 1.82) is 0 Å². The van der Waals surface area contributed by atoms with E-state index in [0.29, 0.717) is 12.6 Å². The van der Waals surface area contributed by atoms with Crippen molar-refractivity contribution in [2.45, 2.75) is 33.0 Å². The smallest absolute Gasteiger partial charge is 0.125 e. The molecule has 0 radical (unpaired) electrons. The molecule has 0 saturated heterocycles. The molecule has 1 heterocycles. The van der Waals surface area contributed by atoms with Gasteiger partial charge in [-0.05, 0) is 30.3 Å². The van der Waals surface area contributed by atoms with E-state index in [0.717, 1.165) is 23.6 Å². The minimum absolute atomic E-state index is 0.220. The van der Waals surface area contributed by atoms with Gasteiger partial charge in [-0.25, -0.2) is 4.39 Å². The number of halogens is 1. The molecule has 0 aliphatic carbocycles. The number of benzene rings is 1. The lowest BCUT2D eigenvalue weighted by atomic mass is 10.2. The van der Waals surface area contributed by atoms with Gasteiger partial charge in [0.05, 0.1) is 17.9 Å². The fourth-order valence-electron chi connectivity index (χ4n) is 2.07. The minimum atomic E-state index is -0.220. The number of hydrogen-bond donors (Lipinski definition) is 1. The highest BCUT2D eigenvalue weighted by molar-refractivity contribution is 5.45. The van der Waals surface area contributed by atoms with Crippen LogP contribution in [0.15, 0.2) is 42.5 Å². The Morgan fingerprint density at radius 1 is 1.14 bits per heavy atom. The average Bonchev–Trinajstić information content (AvgIpc) is 2.45. The summed E-state index contributed by atoms with van der Waals surface area (Å²) in [5.74, 6) is -0.220. The van der Waals surface area contributed by atoms with E-state index in [-0.39, 0.29) is 5.82 Å². The second-order valence-electron chi connectivity index (χ2n) is 5.49. The molecule has 0 aliphatic rings. The Bertz CT molecular complexity index is 584. The summed E-state index contributed by atoms with van der Waals surface area (Å²) in [6.45, 7) is 5.64. The van der Waals surface area contributed by atoms with E-state index in [1.165, 1.54) is 12.1 Å². The van der Waals surface area contributed by atoms with Gasteiger partial charge >= 0.3 is 0 Å². The Balaban J connectivity index is 2.03. The number of nitrogens with zero attached hydrogens (tertiary/aromatic N) is 2. The lowest BCUT2D eigenvalue weighted by Crippen LogP contribution is -2.23. The molecule has 0 atom stereocenters. The van der Waals surface area contributed by atoms with Gasteiger partial charge in [0.1, 0.15) is 5.82 Å². The molecule has 2 aromatic rings.